The van der Waals surface area contributed by atoms with Gasteiger partial charge in [-0.05, 0) is 12.1 Å². The lowest BCUT2D eigenvalue weighted by molar-refractivity contribution is -0.145. The summed E-state index contributed by atoms with van der Waals surface area (Å²) < 4.78 is 74.0. The summed E-state index contributed by atoms with van der Waals surface area (Å²) in [6, 6.07) is 1.66. The van der Waals surface area contributed by atoms with E-state index in [1.54, 1.807) is 0 Å². The molecule has 0 aliphatic rings. The molecule has 1 rings (SSSR count). The second-order valence-electron chi connectivity index (χ2n) is 2.99. The van der Waals surface area contributed by atoms with E-state index >= 15 is 0 Å². The van der Waals surface area contributed by atoms with Crippen molar-refractivity contribution >= 4 is 0 Å². The summed E-state index contributed by atoms with van der Waals surface area (Å²) in [5.41, 5.74) is -4.09. The van der Waals surface area contributed by atoms with Crippen LogP contribution in [0.15, 0.2) is 18.2 Å². The zero-order valence-corrected chi connectivity index (χ0v) is 7.65. The monoisotopic (exact) mass is 244 g/mol. The van der Waals surface area contributed by atoms with E-state index in [0.717, 1.165) is 0 Å². The molecule has 0 heterocycles. The summed E-state index contributed by atoms with van der Waals surface area (Å²) in [7, 11) is 0. The van der Waals surface area contributed by atoms with Gasteiger partial charge in [0, 0.05) is 5.56 Å². The fraction of sp³-hybridized carbons (Fsp3) is 0.333. The highest BCUT2D eigenvalue weighted by molar-refractivity contribution is 5.38. The quantitative estimate of drug-likeness (QED) is 0.752. The average Bonchev–Trinajstić information content (AvgIpc) is 2.13. The summed E-state index contributed by atoms with van der Waals surface area (Å²) in [4.78, 5) is 0. The minimum absolute atomic E-state index is 0.501. The zero-order chi connectivity index (χ0) is 12.6. The van der Waals surface area contributed by atoms with E-state index in [9.17, 15) is 26.3 Å². The fourth-order valence-electron chi connectivity index (χ4n) is 1.29. The number of benzene rings is 1. The van der Waals surface area contributed by atoms with Crippen LogP contribution in [0.4, 0.5) is 26.3 Å². The fourth-order valence-corrected chi connectivity index (χ4v) is 1.29. The molecule has 0 amide bonds. The van der Waals surface area contributed by atoms with E-state index in [1.807, 2.05) is 0 Å². The first kappa shape index (κ1) is 12.8. The Morgan fingerprint density at radius 1 is 0.875 bits per heavy atom. The lowest BCUT2D eigenvalue weighted by atomic mass is 10.0. The first-order valence-corrected chi connectivity index (χ1v) is 4.05. The molecule has 16 heavy (non-hydrogen) atoms. The highest BCUT2D eigenvalue weighted by atomic mass is 19.4. The molecule has 1 N–H and O–H groups in total. The lowest BCUT2D eigenvalue weighted by Gasteiger charge is -2.16. The minimum Gasteiger partial charge on any atom is -0.392 e. The van der Waals surface area contributed by atoms with Gasteiger partial charge in [0.25, 0.3) is 0 Å². The van der Waals surface area contributed by atoms with Crippen molar-refractivity contribution in [3.63, 3.8) is 0 Å². The summed E-state index contributed by atoms with van der Waals surface area (Å²) in [5, 5.41) is 8.63. The van der Waals surface area contributed by atoms with E-state index < -0.39 is 35.6 Å². The molecule has 1 aromatic rings. The average molecular weight is 244 g/mol. The molecule has 0 unspecified atom stereocenters. The standard InChI is InChI=1S/C9H6F6O/c10-8(11,12)6-2-1-3-7(5(6)4-16)9(13,14)15/h1-3,16H,4H2. The molecule has 1 nitrogen and oxygen atoms in total. The topological polar surface area (TPSA) is 20.2 Å². The molecule has 0 spiro atoms. The smallest absolute Gasteiger partial charge is 0.392 e. The van der Waals surface area contributed by atoms with Gasteiger partial charge in [-0.1, -0.05) is 6.07 Å². The molecule has 0 aromatic heterocycles. The van der Waals surface area contributed by atoms with E-state index in [0.29, 0.717) is 18.2 Å². The Balaban J connectivity index is 3.45. The minimum atomic E-state index is -4.92. The van der Waals surface area contributed by atoms with Crippen molar-refractivity contribution in [1.82, 2.24) is 0 Å². The highest BCUT2D eigenvalue weighted by Gasteiger charge is 2.40. The molecule has 0 aliphatic carbocycles. The molecule has 0 fully saturated rings. The molecule has 0 atom stereocenters. The van der Waals surface area contributed by atoms with Crippen molar-refractivity contribution in [1.29, 1.82) is 0 Å². The van der Waals surface area contributed by atoms with Gasteiger partial charge in [-0.25, -0.2) is 0 Å². The van der Waals surface area contributed by atoms with Crippen molar-refractivity contribution in [3.05, 3.63) is 34.9 Å². The summed E-state index contributed by atoms with van der Waals surface area (Å²) in [6.07, 6.45) is -9.83. The van der Waals surface area contributed by atoms with Gasteiger partial charge in [-0.15, -0.1) is 0 Å². The number of hydrogen-bond acceptors (Lipinski definition) is 1. The number of halogens is 6. The second-order valence-corrected chi connectivity index (χ2v) is 2.99. The molecule has 0 saturated heterocycles. The second kappa shape index (κ2) is 3.97. The van der Waals surface area contributed by atoms with Crippen LogP contribution in [0.25, 0.3) is 0 Å². The number of aliphatic hydroxyl groups is 1. The maximum absolute atomic E-state index is 12.3. The maximum Gasteiger partial charge on any atom is 0.416 e. The van der Waals surface area contributed by atoms with E-state index in [2.05, 4.69) is 0 Å². The summed E-state index contributed by atoms with van der Waals surface area (Å²) >= 11 is 0. The first-order chi connectivity index (χ1) is 7.18. The summed E-state index contributed by atoms with van der Waals surface area (Å²) in [5.74, 6) is 0. The third kappa shape index (κ3) is 2.46. The van der Waals surface area contributed by atoms with Crippen LogP contribution in [0.3, 0.4) is 0 Å². The Kier molecular flexibility index (Phi) is 3.18. The lowest BCUT2D eigenvalue weighted by Crippen LogP contribution is -2.16. The van der Waals surface area contributed by atoms with Crippen molar-refractivity contribution < 1.29 is 31.4 Å². The number of rotatable bonds is 1. The van der Waals surface area contributed by atoms with Gasteiger partial charge < -0.3 is 5.11 Å². The van der Waals surface area contributed by atoms with Gasteiger partial charge >= 0.3 is 12.4 Å². The third-order valence-corrected chi connectivity index (χ3v) is 1.94. The van der Waals surface area contributed by atoms with Crippen LogP contribution in [0.1, 0.15) is 16.7 Å². The number of aliphatic hydroxyl groups excluding tert-OH is 1. The van der Waals surface area contributed by atoms with Crippen LogP contribution in [0.2, 0.25) is 0 Å². The Morgan fingerprint density at radius 3 is 1.50 bits per heavy atom. The largest absolute Gasteiger partial charge is 0.416 e. The van der Waals surface area contributed by atoms with Crippen LogP contribution >= 0.6 is 0 Å². The highest BCUT2D eigenvalue weighted by Crippen LogP contribution is 2.39. The third-order valence-electron chi connectivity index (χ3n) is 1.94. The summed E-state index contributed by atoms with van der Waals surface area (Å²) in [6.45, 7) is -1.31. The molecule has 1 aromatic carbocycles. The molecular formula is C9H6F6O. The van der Waals surface area contributed by atoms with Crippen molar-refractivity contribution in [2.24, 2.45) is 0 Å². The molecular weight excluding hydrogens is 238 g/mol. The van der Waals surface area contributed by atoms with Crippen molar-refractivity contribution in [2.75, 3.05) is 0 Å². The molecule has 0 saturated carbocycles. The predicted molar refractivity (Wildman–Crippen MR) is 42.4 cm³/mol. The van der Waals surface area contributed by atoms with E-state index in [-0.39, 0.29) is 0 Å². The van der Waals surface area contributed by atoms with E-state index in [4.69, 9.17) is 5.11 Å². The SMILES string of the molecule is OCc1c(C(F)(F)F)cccc1C(F)(F)F. The first-order valence-electron chi connectivity index (χ1n) is 4.05. The van der Waals surface area contributed by atoms with Gasteiger partial charge in [-0.3, -0.25) is 0 Å². The van der Waals surface area contributed by atoms with Crippen LogP contribution in [-0.2, 0) is 19.0 Å². The number of hydrogen-bond donors (Lipinski definition) is 1. The van der Waals surface area contributed by atoms with Gasteiger partial charge in [0.2, 0.25) is 0 Å². The molecule has 0 bridgehead atoms. The maximum atomic E-state index is 12.3. The van der Waals surface area contributed by atoms with Crippen molar-refractivity contribution in [3.8, 4) is 0 Å². The molecule has 0 radical (unpaired) electrons. The Labute approximate surface area is 86.3 Å². The van der Waals surface area contributed by atoms with Crippen LogP contribution in [0.5, 0.6) is 0 Å². The van der Waals surface area contributed by atoms with Crippen LogP contribution in [-0.4, -0.2) is 5.11 Å². The van der Waals surface area contributed by atoms with Crippen LogP contribution < -0.4 is 0 Å². The van der Waals surface area contributed by atoms with Gasteiger partial charge in [0.05, 0.1) is 17.7 Å². The van der Waals surface area contributed by atoms with Crippen molar-refractivity contribution in [2.45, 2.75) is 19.0 Å². The molecule has 90 valence electrons. The van der Waals surface area contributed by atoms with Gasteiger partial charge in [0.15, 0.2) is 0 Å². The van der Waals surface area contributed by atoms with Gasteiger partial charge in [-0.2, -0.15) is 26.3 Å². The Morgan fingerprint density at radius 2 is 1.25 bits per heavy atom. The Hall–Kier alpha value is -1.24. The van der Waals surface area contributed by atoms with Gasteiger partial charge in [0.1, 0.15) is 0 Å². The Bertz CT molecular complexity index is 346. The molecule has 7 heteroatoms. The van der Waals surface area contributed by atoms with E-state index in [1.165, 1.54) is 0 Å². The number of alkyl halides is 6. The molecule has 0 aliphatic heterocycles. The zero-order valence-electron chi connectivity index (χ0n) is 7.65. The van der Waals surface area contributed by atoms with Crippen LogP contribution in [0, 0.1) is 0 Å². The predicted octanol–water partition coefficient (Wildman–Crippen LogP) is 3.22. The normalized spacial score (nSPS) is 12.9.